The van der Waals surface area contributed by atoms with Gasteiger partial charge in [-0.1, -0.05) is 6.08 Å². The number of rotatable bonds is 7. The average molecular weight is 303 g/mol. The number of hydrogen-bond acceptors (Lipinski definition) is 4. The van der Waals surface area contributed by atoms with Crippen molar-refractivity contribution in [2.75, 3.05) is 19.6 Å². The zero-order valence-electron chi connectivity index (χ0n) is 12.9. The number of Topliss-reactive ketones (excluding diaryl/α,β-unsaturated/α-hetero) is 1. The summed E-state index contributed by atoms with van der Waals surface area (Å²) in [5.74, 6) is 0.387. The first-order valence-electron chi connectivity index (χ1n) is 7.94. The number of phenols is 1. The number of ketones is 1. The Morgan fingerprint density at radius 2 is 1.95 bits per heavy atom. The first-order valence-corrected chi connectivity index (χ1v) is 7.94. The largest absolute Gasteiger partial charge is 0.508 e. The number of aliphatic hydroxyl groups is 1. The van der Waals surface area contributed by atoms with Crippen molar-refractivity contribution >= 4 is 5.78 Å². The van der Waals surface area contributed by atoms with Gasteiger partial charge in [0.15, 0.2) is 5.78 Å². The molecule has 1 saturated heterocycles. The van der Waals surface area contributed by atoms with Crippen molar-refractivity contribution in [3.05, 3.63) is 42.5 Å². The lowest BCUT2D eigenvalue weighted by molar-refractivity contribution is 0.0710. The lowest BCUT2D eigenvalue weighted by Gasteiger charge is -2.32. The van der Waals surface area contributed by atoms with Crippen molar-refractivity contribution in [1.29, 1.82) is 0 Å². The fraction of sp³-hybridized carbons (Fsp3) is 0.500. The van der Waals surface area contributed by atoms with Crippen LogP contribution in [0.5, 0.6) is 5.75 Å². The van der Waals surface area contributed by atoms with E-state index in [0.29, 0.717) is 12.1 Å². The third-order valence-corrected chi connectivity index (χ3v) is 4.28. The molecular weight excluding hydrogens is 278 g/mol. The standard InChI is InChI=1S/C18H25NO3/c1-2-3-4-17(21)13-19-11-9-15(10-12-19)18(22)14-5-7-16(20)8-6-14/h2,5-8,15,17,20-21H,1,3-4,9-13H2. The predicted octanol–water partition coefficient (Wildman–Crippen LogP) is 2.61. The normalized spacial score (nSPS) is 18.0. The van der Waals surface area contributed by atoms with Gasteiger partial charge in [-0.05, 0) is 63.0 Å². The summed E-state index contributed by atoms with van der Waals surface area (Å²) in [6.45, 7) is 6.03. The van der Waals surface area contributed by atoms with Crippen LogP contribution in [0.2, 0.25) is 0 Å². The molecular formula is C18H25NO3. The summed E-state index contributed by atoms with van der Waals surface area (Å²) in [5.41, 5.74) is 0.669. The molecule has 0 amide bonds. The van der Waals surface area contributed by atoms with Gasteiger partial charge in [0.25, 0.3) is 0 Å². The van der Waals surface area contributed by atoms with Gasteiger partial charge in [0, 0.05) is 18.0 Å². The Morgan fingerprint density at radius 3 is 2.55 bits per heavy atom. The van der Waals surface area contributed by atoms with Gasteiger partial charge in [-0.2, -0.15) is 0 Å². The topological polar surface area (TPSA) is 60.8 Å². The number of carbonyl (C=O) groups excluding carboxylic acids is 1. The second-order valence-electron chi connectivity index (χ2n) is 6.01. The van der Waals surface area contributed by atoms with Gasteiger partial charge in [-0.25, -0.2) is 0 Å². The van der Waals surface area contributed by atoms with E-state index < -0.39 is 0 Å². The maximum Gasteiger partial charge on any atom is 0.166 e. The zero-order valence-corrected chi connectivity index (χ0v) is 12.9. The SMILES string of the molecule is C=CCCC(O)CN1CCC(C(=O)c2ccc(O)cc2)CC1. The van der Waals surface area contributed by atoms with Crippen molar-refractivity contribution in [2.24, 2.45) is 5.92 Å². The van der Waals surface area contributed by atoms with Gasteiger partial charge in [0.2, 0.25) is 0 Å². The fourth-order valence-corrected chi connectivity index (χ4v) is 2.94. The molecule has 2 rings (SSSR count). The smallest absolute Gasteiger partial charge is 0.166 e. The summed E-state index contributed by atoms with van der Waals surface area (Å²) in [6, 6.07) is 6.48. The number of benzene rings is 1. The predicted molar refractivity (Wildman–Crippen MR) is 87.0 cm³/mol. The number of nitrogens with zero attached hydrogens (tertiary/aromatic N) is 1. The number of allylic oxidation sites excluding steroid dienone is 1. The van der Waals surface area contributed by atoms with Crippen LogP contribution in [-0.2, 0) is 0 Å². The summed E-state index contributed by atoms with van der Waals surface area (Å²) < 4.78 is 0. The summed E-state index contributed by atoms with van der Waals surface area (Å²) in [5, 5.41) is 19.2. The minimum absolute atomic E-state index is 0.0473. The van der Waals surface area contributed by atoms with Crippen molar-refractivity contribution in [1.82, 2.24) is 4.90 Å². The van der Waals surface area contributed by atoms with Crippen molar-refractivity contribution in [3.63, 3.8) is 0 Å². The summed E-state index contributed by atoms with van der Waals surface area (Å²) in [4.78, 5) is 14.7. The summed E-state index contributed by atoms with van der Waals surface area (Å²) in [6.07, 6.45) is 4.74. The molecule has 4 heteroatoms. The van der Waals surface area contributed by atoms with Crippen LogP contribution in [0, 0.1) is 5.92 Å². The highest BCUT2D eigenvalue weighted by Crippen LogP contribution is 2.23. The van der Waals surface area contributed by atoms with Gasteiger partial charge in [-0.3, -0.25) is 4.79 Å². The Kier molecular flexibility index (Phi) is 6.16. The van der Waals surface area contributed by atoms with E-state index in [1.54, 1.807) is 24.3 Å². The third kappa shape index (κ3) is 4.68. The molecule has 4 nitrogen and oxygen atoms in total. The van der Waals surface area contributed by atoms with Crippen LogP contribution in [0.25, 0.3) is 0 Å². The lowest BCUT2D eigenvalue weighted by atomic mass is 9.88. The Hall–Kier alpha value is -1.65. The van der Waals surface area contributed by atoms with Crippen LogP contribution < -0.4 is 0 Å². The summed E-state index contributed by atoms with van der Waals surface area (Å²) in [7, 11) is 0. The molecule has 1 aliphatic heterocycles. The molecule has 0 aromatic heterocycles. The molecule has 1 fully saturated rings. The molecule has 0 radical (unpaired) electrons. The van der Waals surface area contributed by atoms with E-state index in [1.807, 2.05) is 6.08 Å². The number of carbonyl (C=O) groups is 1. The van der Waals surface area contributed by atoms with Gasteiger partial charge in [0.1, 0.15) is 5.75 Å². The zero-order chi connectivity index (χ0) is 15.9. The number of phenolic OH excluding ortho intramolecular Hbond substituents is 1. The highest BCUT2D eigenvalue weighted by Gasteiger charge is 2.26. The highest BCUT2D eigenvalue weighted by molar-refractivity contribution is 5.98. The first kappa shape index (κ1) is 16.7. The molecule has 0 spiro atoms. The molecule has 1 atom stereocenters. The van der Waals surface area contributed by atoms with E-state index in [-0.39, 0.29) is 23.6 Å². The van der Waals surface area contributed by atoms with Crippen molar-refractivity contribution in [2.45, 2.75) is 31.8 Å². The molecule has 1 aromatic rings. The number of aliphatic hydroxyl groups excluding tert-OH is 1. The Labute approximate surface area is 132 Å². The second kappa shape index (κ2) is 8.11. The number of aromatic hydroxyl groups is 1. The van der Waals surface area contributed by atoms with Gasteiger partial charge in [-0.15, -0.1) is 6.58 Å². The van der Waals surface area contributed by atoms with Crippen LogP contribution in [0.1, 0.15) is 36.0 Å². The molecule has 0 bridgehead atoms. The van der Waals surface area contributed by atoms with E-state index in [2.05, 4.69) is 11.5 Å². The Bertz CT molecular complexity index is 490. The number of likely N-dealkylation sites (tertiary alicyclic amines) is 1. The Morgan fingerprint density at radius 1 is 1.32 bits per heavy atom. The van der Waals surface area contributed by atoms with Gasteiger partial charge < -0.3 is 15.1 Å². The quantitative estimate of drug-likeness (QED) is 0.600. The van der Waals surface area contributed by atoms with Crippen molar-refractivity contribution < 1.29 is 15.0 Å². The minimum atomic E-state index is -0.317. The average Bonchev–Trinajstić information content (AvgIpc) is 2.54. The number of hydrogen-bond donors (Lipinski definition) is 2. The Balaban J connectivity index is 1.80. The summed E-state index contributed by atoms with van der Waals surface area (Å²) >= 11 is 0. The third-order valence-electron chi connectivity index (χ3n) is 4.28. The molecule has 2 N–H and O–H groups in total. The molecule has 120 valence electrons. The van der Waals surface area contributed by atoms with Crippen molar-refractivity contribution in [3.8, 4) is 5.75 Å². The van der Waals surface area contributed by atoms with Crippen LogP contribution in [0.3, 0.4) is 0 Å². The van der Waals surface area contributed by atoms with Gasteiger partial charge >= 0.3 is 0 Å². The van der Waals surface area contributed by atoms with E-state index in [4.69, 9.17) is 0 Å². The maximum atomic E-state index is 12.4. The first-order chi connectivity index (χ1) is 10.6. The molecule has 22 heavy (non-hydrogen) atoms. The van der Waals surface area contributed by atoms with E-state index >= 15 is 0 Å². The van der Waals surface area contributed by atoms with Crippen LogP contribution >= 0.6 is 0 Å². The van der Waals surface area contributed by atoms with Gasteiger partial charge in [0.05, 0.1) is 6.10 Å². The van der Waals surface area contributed by atoms with E-state index in [0.717, 1.165) is 38.8 Å². The molecule has 1 aliphatic rings. The molecule has 1 unspecified atom stereocenters. The molecule has 0 aliphatic carbocycles. The highest BCUT2D eigenvalue weighted by atomic mass is 16.3. The van der Waals surface area contributed by atoms with E-state index in [9.17, 15) is 15.0 Å². The fourth-order valence-electron chi connectivity index (χ4n) is 2.94. The minimum Gasteiger partial charge on any atom is -0.508 e. The molecule has 1 heterocycles. The van der Waals surface area contributed by atoms with Crippen LogP contribution in [-0.4, -0.2) is 46.6 Å². The van der Waals surface area contributed by atoms with Crippen LogP contribution in [0.15, 0.2) is 36.9 Å². The van der Waals surface area contributed by atoms with Crippen LogP contribution in [0.4, 0.5) is 0 Å². The number of piperidine rings is 1. The lowest BCUT2D eigenvalue weighted by Crippen LogP contribution is -2.40. The maximum absolute atomic E-state index is 12.4. The van der Waals surface area contributed by atoms with E-state index in [1.165, 1.54) is 0 Å². The number of β-amino-alcohol motifs (C(OH)–C–C–N with tert-alkyl or cyclic N) is 1. The molecule has 1 aromatic carbocycles. The second-order valence-corrected chi connectivity index (χ2v) is 6.01. The monoisotopic (exact) mass is 303 g/mol. The molecule has 0 saturated carbocycles.